The van der Waals surface area contributed by atoms with Crippen molar-refractivity contribution >= 4 is 62.3 Å². The predicted octanol–water partition coefficient (Wildman–Crippen LogP) is 5.17. The summed E-state index contributed by atoms with van der Waals surface area (Å²) >= 11 is 5.84. The number of thioether (sulfide) groups is 1. The zero-order valence-corrected chi connectivity index (χ0v) is 20.7. The molecule has 0 aliphatic rings. The van der Waals surface area contributed by atoms with Gasteiger partial charge in [0.25, 0.3) is 5.91 Å². The van der Waals surface area contributed by atoms with Crippen LogP contribution in [0.2, 0.25) is 0 Å². The number of aromatic nitrogens is 2. The van der Waals surface area contributed by atoms with Crippen molar-refractivity contribution in [3.05, 3.63) is 51.9 Å². The summed E-state index contributed by atoms with van der Waals surface area (Å²) in [6, 6.07) is 8.09. The summed E-state index contributed by atoms with van der Waals surface area (Å²) in [7, 11) is 0. The lowest BCUT2D eigenvalue weighted by molar-refractivity contribution is -0.112. The van der Waals surface area contributed by atoms with E-state index in [0.29, 0.717) is 26.9 Å². The van der Waals surface area contributed by atoms with Gasteiger partial charge in [-0.1, -0.05) is 18.7 Å². The summed E-state index contributed by atoms with van der Waals surface area (Å²) in [6.07, 6.45) is 2.76. The first-order valence-electron chi connectivity index (χ1n) is 9.56. The SMILES string of the molecule is CCOc1cc(/C=C(/C#N)C(=O)Nc2nc(SCC)ns2)cc(Br)c1OC(=O)c1ccco1. The Morgan fingerprint density at radius 3 is 2.88 bits per heavy atom. The summed E-state index contributed by atoms with van der Waals surface area (Å²) in [5.74, 6) is -0.0795. The van der Waals surface area contributed by atoms with E-state index in [1.165, 1.54) is 30.2 Å². The number of esters is 1. The van der Waals surface area contributed by atoms with Crippen LogP contribution >= 0.6 is 39.2 Å². The van der Waals surface area contributed by atoms with Crippen molar-refractivity contribution < 1.29 is 23.5 Å². The van der Waals surface area contributed by atoms with E-state index in [-0.39, 0.29) is 22.8 Å². The van der Waals surface area contributed by atoms with Gasteiger partial charge in [0, 0.05) is 11.5 Å². The molecule has 0 saturated heterocycles. The second-order valence-electron chi connectivity index (χ2n) is 6.07. The van der Waals surface area contributed by atoms with E-state index in [1.807, 2.05) is 13.0 Å². The topological polar surface area (TPSA) is 127 Å². The molecule has 0 aliphatic carbocycles. The summed E-state index contributed by atoms with van der Waals surface area (Å²) in [4.78, 5) is 29.0. The van der Waals surface area contributed by atoms with Crippen LogP contribution in [0.3, 0.4) is 0 Å². The number of ether oxygens (including phenoxy) is 2. The fourth-order valence-electron chi connectivity index (χ4n) is 2.50. The molecule has 3 rings (SSSR count). The molecule has 0 radical (unpaired) electrons. The molecule has 1 aromatic carbocycles. The van der Waals surface area contributed by atoms with Gasteiger partial charge in [0.05, 0.1) is 17.3 Å². The first-order chi connectivity index (χ1) is 15.9. The molecule has 0 unspecified atom stereocenters. The van der Waals surface area contributed by atoms with E-state index in [4.69, 9.17) is 13.9 Å². The number of nitrogens with zero attached hydrogens (tertiary/aromatic N) is 3. The standard InChI is InChI=1S/C21H17BrN4O5S2/c1-3-29-16-10-12(9-14(22)17(16)31-19(28)15-6-5-7-30-15)8-13(11-23)18(27)24-20-25-21(26-33-20)32-4-2/h5-10H,3-4H2,1-2H3,(H,24,25,26,27)/b13-8-. The lowest BCUT2D eigenvalue weighted by Gasteiger charge is -2.13. The van der Waals surface area contributed by atoms with Gasteiger partial charge >= 0.3 is 5.97 Å². The van der Waals surface area contributed by atoms with Crippen LogP contribution in [-0.2, 0) is 4.79 Å². The number of nitriles is 1. The van der Waals surface area contributed by atoms with Crippen molar-refractivity contribution in [1.29, 1.82) is 5.26 Å². The van der Waals surface area contributed by atoms with Crippen molar-refractivity contribution in [1.82, 2.24) is 9.36 Å². The maximum absolute atomic E-state index is 12.6. The summed E-state index contributed by atoms with van der Waals surface area (Å²) < 4.78 is 20.6. The van der Waals surface area contributed by atoms with Gasteiger partial charge in [-0.2, -0.15) is 14.6 Å². The Balaban J connectivity index is 1.84. The first-order valence-corrected chi connectivity index (χ1v) is 12.1. The maximum Gasteiger partial charge on any atom is 0.379 e. The van der Waals surface area contributed by atoms with Crippen LogP contribution in [0.4, 0.5) is 5.13 Å². The Labute approximate surface area is 206 Å². The average molecular weight is 549 g/mol. The van der Waals surface area contributed by atoms with Crippen LogP contribution in [0.25, 0.3) is 6.08 Å². The van der Waals surface area contributed by atoms with Gasteiger partial charge in [0.2, 0.25) is 16.0 Å². The van der Waals surface area contributed by atoms with Gasteiger partial charge in [0.1, 0.15) is 11.6 Å². The van der Waals surface area contributed by atoms with Crippen molar-refractivity contribution in [2.24, 2.45) is 0 Å². The molecule has 0 fully saturated rings. The molecule has 0 spiro atoms. The van der Waals surface area contributed by atoms with E-state index < -0.39 is 11.9 Å². The van der Waals surface area contributed by atoms with Gasteiger partial charge in [-0.15, -0.1) is 0 Å². The number of amides is 1. The van der Waals surface area contributed by atoms with E-state index in [0.717, 1.165) is 17.3 Å². The number of benzene rings is 1. The Morgan fingerprint density at radius 2 is 2.21 bits per heavy atom. The number of hydrogen-bond donors (Lipinski definition) is 1. The number of carbonyl (C=O) groups excluding carboxylic acids is 2. The van der Waals surface area contributed by atoms with Gasteiger partial charge < -0.3 is 13.9 Å². The summed E-state index contributed by atoms with van der Waals surface area (Å²) in [5.41, 5.74) is 0.332. The first kappa shape index (κ1) is 24.5. The number of hydrogen-bond acceptors (Lipinski definition) is 10. The molecule has 1 N–H and O–H groups in total. The average Bonchev–Trinajstić information content (AvgIpc) is 3.47. The Kier molecular flexibility index (Phi) is 8.65. The van der Waals surface area contributed by atoms with Crippen LogP contribution in [0.5, 0.6) is 11.5 Å². The molecule has 9 nitrogen and oxygen atoms in total. The molecular formula is C21H17BrN4O5S2. The molecule has 0 atom stereocenters. The molecule has 12 heteroatoms. The highest BCUT2D eigenvalue weighted by molar-refractivity contribution is 9.10. The van der Waals surface area contributed by atoms with E-state index in [9.17, 15) is 14.9 Å². The minimum Gasteiger partial charge on any atom is -0.490 e. The van der Waals surface area contributed by atoms with E-state index in [1.54, 1.807) is 25.1 Å². The van der Waals surface area contributed by atoms with Crippen molar-refractivity contribution in [3.8, 4) is 17.6 Å². The zero-order valence-electron chi connectivity index (χ0n) is 17.5. The second kappa shape index (κ2) is 11.6. The number of carbonyl (C=O) groups is 2. The summed E-state index contributed by atoms with van der Waals surface area (Å²) in [6.45, 7) is 4.04. The zero-order chi connectivity index (χ0) is 23.8. The number of nitrogens with one attached hydrogen (secondary N) is 1. The molecule has 170 valence electrons. The van der Waals surface area contributed by atoms with Crippen LogP contribution in [-0.4, -0.2) is 33.6 Å². The molecular weight excluding hydrogens is 532 g/mol. The lowest BCUT2D eigenvalue weighted by Crippen LogP contribution is -2.13. The highest BCUT2D eigenvalue weighted by Gasteiger charge is 2.20. The fourth-order valence-corrected chi connectivity index (χ4v) is 4.31. The van der Waals surface area contributed by atoms with Crippen molar-refractivity contribution in [2.75, 3.05) is 17.7 Å². The smallest absolute Gasteiger partial charge is 0.379 e. The molecule has 2 aromatic heterocycles. The molecule has 1 amide bonds. The Hall–Kier alpha value is -3.14. The molecule has 0 bridgehead atoms. The predicted molar refractivity (Wildman–Crippen MR) is 128 cm³/mol. The largest absolute Gasteiger partial charge is 0.490 e. The minimum atomic E-state index is -0.695. The molecule has 0 aliphatic heterocycles. The molecule has 33 heavy (non-hydrogen) atoms. The number of rotatable bonds is 9. The van der Waals surface area contributed by atoms with Gasteiger partial charge in [-0.3, -0.25) is 10.1 Å². The monoisotopic (exact) mass is 548 g/mol. The van der Waals surface area contributed by atoms with Crippen LogP contribution in [0.1, 0.15) is 30.0 Å². The number of furan rings is 1. The van der Waals surface area contributed by atoms with E-state index >= 15 is 0 Å². The van der Waals surface area contributed by atoms with Crippen LogP contribution in [0, 0.1) is 11.3 Å². The fraction of sp³-hybridized carbons (Fsp3) is 0.190. The third-order valence-electron chi connectivity index (χ3n) is 3.83. The maximum atomic E-state index is 12.6. The lowest BCUT2D eigenvalue weighted by atomic mass is 10.1. The Morgan fingerprint density at radius 1 is 1.39 bits per heavy atom. The van der Waals surface area contributed by atoms with Gasteiger partial charge in [-0.25, -0.2) is 4.79 Å². The highest BCUT2D eigenvalue weighted by atomic mass is 79.9. The normalized spacial score (nSPS) is 11.0. The quantitative estimate of drug-likeness (QED) is 0.126. The molecule has 0 saturated carbocycles. The highest BCUT2D eigenvalue weighted by Crippen LogP contribution is 2.38. The van der Waals surface area contributed by atoms with Gasteiger partial charge in [-0.05, 0) is 64.5 Å². The van der Waals surface area contributed by atoms with Crippen molar-refractivity contribution in [2.45, 2.75) is 19.0 Å². The number of anilines is 1. The van der Waals surface area contributed by atoms with Gasteiger partial charge in [0.15, 0.2) is 11.5 Å². The van der Waals surface area contributed by atoms with Crippen LogP contribution < -0.4 is 14.8 Å². The van der Waals surface area contributed by atoms with E-state index in [2.05, 4.69) is 30.6 Å². The second-order valence-corrected chi connectivity index (χ2v) is 8.91. The molecule has 2 heterocycles. The molecule has 3 aromatic rings. The third-order valence-corrected chi connectivity index (χ3v) is 5.89. The Bertz CT molecular complexity index is 1220. The number of halogens is 1. The third kappa shape index (κ3) is 6.44. The van der Waals surface area contributed by atoms with Crippen molar-refractivity contribution in [3.63, 3.8) is 0 Å². The summed E-state index contributed by atoms with van der Waals surface area (Å²) in [5, 5.41) is 12.9. The van der Waals surface area contributed by atoms with Crippen LogP contribution in [0.15, 0.2) is 50.1 Å². The minimum absolute atomic E-state index is 0.0360.